The van der Waals surface area contributed by atoms with Crippen LogP contribution in [0.1, 0.15) is 57.8 Å². The molecule has 1 N–H and O–H groups in total. The molecule has 35 heavy (non-hydrogen) atoms. The van der Waals surface area contributed by atoms with E-state index in [9.17, 15) is 18.0 Å². The molecule has 3 fully saturated rings. The zero-order valence-electron chi connectivity index (χ0n) is 20.9. The van der Waals surface area contributed by atoms with Gasteiger partial charge in [0.15, 0.2) is 5.03 Å². The maximum atomic E-state index is 13.4. The van der Waals surface area contributed by atoms with E-state index in [1.807, 2.05) is 4.90 Å². The van der Waals surface area contributed by atoms with E-state index in [-0.39, 0.29) is 42.3 Å². The van der Waals surface area contributed by atoms with Crippen LogP contribution in [0.4, 0.5) is 0 Å². The highest BCUT2D eigenvalue weighted by molar-refractivity contribution is 7.89. The van der Waals surface area contributed by atoms with Crippen LogP contribution < -0.4 is 5.32 Å². The Hall–Kier alpha value is -1.98. The number of carbonyl (C=O) groups is 2. The zero-order chi connectivity index (χ0) is 24.8. The zero-order valence-corrected chi connectivity index (χ0v) is 21.7. The van der Waals surface area contributed by atoms with E-state index in [1.54, 1.807) is 11.6 Å². The molecule has 1 aliphatic carbocycles. The Bertz CT molecular complexity index is 966. The van der Waals surface area contributed by atoms with Crippen molar-refractivity contribution < 1.29 is 18.0 Å². The minimum absolute atomic E-state index is 0.0151. The van der Waals surface area contributed by atoms with Gasteiger partial charge in [-0.25, -0.2) is 13.4 Å². The van der Waals surface area contributed by atoms with Gasteiger partial charge in [-0.15, -0.1) is 0 Å². The van der Waals surface area contributed by atoms with E-state index in [4.69, 9.17) is 0 Å². The summed E-state index contributed by atoms with van der Waals surface area (Å²) < 4.78 is 29.2. The number of nitrogens with zero attached hydrogens (tertiary/aromatic N) is 5. The van der Waals surface area contributed by atoms with E-state index in [0.717, 1.165) is 26.2 Å². The van der Waals surface area contributed by atoms with Crippen molar-refractivity contribution in [1.29, 1.82) is 0 Å². The van der Waals surface area contributed by atoms with E-state index in [2.05, 4.69) is 15.2 Å². The summed E-state index contributed by atoms with van der Waals surface area (Å²) in [4.78, 5) is 34.3. The van der Waals surface area contributed by atoms with Gasteiger partial charge < -0.3 is 14.8 Å². The molecule has 1 aromatic rings. The van der Waals surface area contributed by atoms with Crippen LogP contribution in [0.3, 0.4) is 0 Å². The highest BCUT2D eigenvalue weighted by Crippen LogP contribution is 2.25. The van der Waals surface area contributed by atoms with Gasteiger partial charge >= 0.3 is 0 Å². The van der Waals surface area contributed by atoms with Crippen molar-refractivity contribution in [2.24, 2.45) is 13.0 Å². The molecule has 0 spiro atoms. The number of hydrogen-bond acceptors (Lipinski definition) is 6. The van der Waals surface area contributed by atoms with Gasteiger partial charge in [-0.1, -0.05) is 19.3 Å². The van der Waals surface area contributed by atoms with Gasteiger partial charge in [-0.3, -0.25) is 14.5 Å². The molecule has 0 bridgehead atoms. The Labute approximate surface area is 209 Å². The number of imidazole rings is 1. The van der Waals surface area contributed by atoms with Crippen molar-refractivity contribution in [2.45, 2.75) is 68.9 Å². The highest BCUT2D eigenvalue weighted by Gasteiger charge is 2.32. The third kappa shape index (κ3) is 6.62. The second-order valence-electron chi connectivity index (χ2n) is 10.2. The number of aryl methyl sites for hydroxylation is 1. The van der Waals surface area contributed by atoms with Gasteiger partial charge in [-0.2, -0.15) is 4.31 Å². The third-order valence-electron chi connectivity index (χ3n) is 7.71. The molecular formula is C24H40N6O4S. The van der Waals surface area contributed by atoms with E-state index < -0.39 is 10.0 Å². The summed E-state index contributed by atoms with van der Waals surface area (Å²) in [6.07, 6.45) is 11.3. The average Bonchev–Trinajstić information content (AvgIpc) is 3.30. The first kappa shape index (κ1) is 26.1. The van der Waals surface area contributed by atoms with Crippen LogP contribution in [-0.4, -0.2) is 95.7 Å². The Morgan fingerprint density at radius 3 is 2.40 bits per heavy atom. The van der Waals surface area contributed by atoms with Crippen LogP contribution in [-0.2, 0) is 26.7 Å². The first-order valence-corrected chi connectivity index (χ1v) is 14.6. The van der Waals surface area contributed by atoms with Gasteiger partial charge in [0.25, 0.3) is 10.0 Å². The van der Waals surface area contributed by atoms with Gasteiger partial charge in [0, 0.05) is 77.4 Å². The number of piperazine rings is 1. The van der Waals surface area contributed by atoms with Crippen molar-refractivity contribution >= 4 is 21.8 Å². The standard InChI is InChI=1S/C24H40N6O4S/c1-27-18-23(26-19-27)35(33,34)30-12-5-6-20(9-11-25-22(31)10-13-30)24(32)29-16-14-28(15-17-29)21-7-3-2-4-8-21/h18-21H,2-17H2,1H3,(H,25,31). The molecule has 3 heterocycles. The predicted octanol–water partition coefficient (Wildman–Crippen LogP) is 1.19. The van der Waals surface area contributed by atoms with Crippen LogP contribution >= 0.6 is 0 Å². The fourth-order valence-electron chi connectivity index (χ4n) is 5.62. The molecule has 2 saturated heterocycles. The normalized spacial score (nSPS) is 25.1. The van der Waals surface area contributed by atoms with Crippen molar-refractivity contribution in [2.75, 3.05) is 45.8 Å². The molecule has 4 rings (SSSR count). The topological polar surface area (TPSA) is 108 Å². The second kappa shape index (κ2) is 11.8. The molecule has 1 atom stereocenters. The summed E-state index contributed by atoms with van der Waals surface area (Å²) in [5.41, 5.74) is 0. The third-order valence-corrected chi connectivity index (χ3v) is 9.50. The van der Waals surface area contributed by atoms with Gasteiger partial charge in [0.2, 0.25) is 11.8 Å². The first-order chi connectivity index (χ1) is 16.8. The minimum Gasteiger partial charge on any atom is -0.356 e. The monoisotopic (exact) mass is 508 g/mol. The lowest BCUT2D eigenvalue weighted by Crippen LogP contribution is -2.53. The fourth-order valence-corrected chi connectivity index (χ4v) is 7.07. The second-order valence-corrected chi connectivity index (χ2v) is 12.0. The highest BCUT2D eigenvalue weighted by atomic mass is 32.2. The summed E-state index contributed by atoms with van der Waals surface area (Å²) in [5.74, 6) is -0.268. The SMILES string of the molecule is Cn1cnc(S(=O)(=O)N2CCCC(C(=O)N3CCN(C4CCCCC4)CC3)CCNC(=O)CC2)c1. The molecule has 1 unspecified atom stereocenters. The summed E-state index contributed by atoms with van der Waals surface area (Å²) in [7, 11) is -2.08. The lowest BCUT2D eigenvalue weighted by Gasteiger charge is -2.41. The van der Waals surface area contributed by atoms with Crippen LogP contribution in [0.15, 0.2) is 17.6 Å². The number of carbonyl (C=O) groups excluding carboxylic acids is 2. The number of nitrogens with one attached hydrogen (secondary N) is 1. The number of hydrogen-bond donors (Lipinski definition) is 1. The van der Waals surface area contributed by atoms with Crippen LogP contribution in [0.5, 0.6) is 0 Å². The maximum absolute atomic E-state index is 13.4. The van der Waals surface area contributed by atoms with E-state index in [0.29, 0.717) is 31.8 Å². The molecule has 1 saturated carbocycles. The molecule has 2 aliphatic heterocycles. The molecule has 1 aromatic heterocycles. The van der Waals surface area contributed by atoms with Crippen molar-refractivity contribution in [1.82, 2.24) is 29.0 Å². The van der Waals surface area contributed by atoms with Crippen LogP contribution in [0, 0.1) is 5.92 Å². The average molecular weight is 509 g/mol. The molecule has 2 amide bonds. The van der Waals surface area contributed by atoms with Gasteiger partial charge in [-0.05, 0) is 32.1 Å². The van der Waals surface area contributed by atoms with Crippen molar-refractivity contribution in [3.05, 3.63) is 12.5 Å². The van der Waals surface area contributed by atoms with Crippen molar-refractivity contribution in [3.8, 4) is 0 Å². The Morgan fingerprint density at radius 1 is 0.971 bits per heavy atom. The summed E-state index contributed by atoms with van der Waals surface area (Å²) in [6.45, 7) is 4.16. The van der Waals surface area contributed by atoms with E-state index in [1.165, 1.54) is 48.9 Å². The molecule has 0 radical (unpaired) electrons. The number of amides is 2. The molecule has 10 nitrogen and oxygen atoms in total. The van der Waals surface area contributed by atoms with Gasteiger partial charge in [0.05, 0.1) is 6.33 Å². The quantitative estimate of drug-likeness (QED) is 0.655. The summed E-state index contributed by atoms with van der Waals surface area (Å²) in [5, 5.41) is 2.86. The molecule has 196 valence electrons. The number of sulfonamides is 1. The maximum Gasteiger partial charge on any atom is 0.262 e. The van der Waals surface area contributed by atoms with Crippen molar-refractivity contribution in [3.63, 3.8) is 0 Å². The predicted molar refractivity (Wildman–Crippen MR) is 132 cm³/mol. The number of aromatic nitrogens is 2. The molecule has 0 aromatic carbocycles. The Morgan fingerprint density at radius 2 is 1.71 bits per heavy atom. The smallest absolute Gasteiger partial charge is 0.262 e. The first-order valence-electron chi connectivity index (χ1n) is 13.1. The Balaban J connectivity index is 1.36. The molecular weight excluding hydrogens is 468 g/mol. The minimum atomic E-state index is -3.80. The number of rotatable bonds is 4. The summed E-state index contributed by atoms with van der Waals surface area (Å²) in [6, 6.07) is 0.667. The Kier molecular flexibility index (Phi) is 8.82. The largest absolute Gasteiger partial charge is 0.356 e. The molecule has 3 aliphatic rings. The van der Waals surface area contributed by atoms with E-state index >= 15 is 0 Å². The molecule has 11 heteroatoms. The van der Waals surface area contributed by atoms with Crippen LogP contribution in [0.2, 0.25) is 0 Å². The van der Waals surface area contributed by atoms with Gasteiger partial charge in [0.1, 0.15) is 0 Å². The lowest BCUT2D eigenvalue weighted by molar-refractivity contribution is -0.138. The fraction of sp³-hybridized carbons (Fsp3) is 0.792. The lowest BCUT2D eigenvalue weighted by atomic mass is 9.93. The summed E-state index contributed by atoms with van der Waals surface area (Å²) >= 11 is 0. The van der Waals surface area contributed by atoms with Crippen LogP contribution in [0.25, 0.3) is 0 Å².